The summed E-state index contributed by atoms with van der Waals surface area (Å²) in [5, 5.41) is 5.35. The van der Waals surface area contributed by atoms with Crippen molar-refractivity contribution in [2.45, 2.75) is 34.4 Å². The van der Waals surface area contributed by atoms with E-state index >= 15 is 0 Å². The number of thiophene rings is 1. The Bertz CT molecular complexity index is 880. The first kappa shape index (κ1) is 20.3. The Balaban J connectivity index is 1.33. The van der Waals surface area contributed by atoms with E-state index in [4.69, 9.17) is 0 Å². The summed E-state index contributed by atoms with van der Waals surface area (Å²) in [5.74, 6) is -0.755. The third kappa shape index (κ3) is 4.96. The summed E-state index contributed by atoms with van der Waals surface area (Å²) in [6.45, 7) is 3.22. The molecule has 154 valence electrons. The first-order valence-electron chi connectivity index (χ1n) is 9.48. The Morgan fingerprint density at radius 1 is 1.10 bits per heavy atom. The second-order valence-corrected chi connectivity index (χ2v) is 9.71. The Morgan fingerprint density at radius 2 is 1.83 bits per heavy atom. The fourth-order valence-corrected chi connectivity index (χ4v) is 5.79. The lowest BCUT2D eigenvalue weighted by Crippen LogP contribution is -2.57. The van der Waals surface area contributed by atoms with Crippen molar-refractivity contribution in [3.63, 3.8) is 0 Å². The van der Waals surface area contributed by atoms with Crippen LogP contribution in [0.15, 0.2) is 45.5 Å². The summed E-state index contributed by atoms with van der Waals surface area (Å²) in [7, 11) is 0. The van der Waals surface area contributed by atoms with Gasteiger partial charge in [-0.3, -0.25) is 9.59 Å². The number of carbonyl (C=O) groups is 2. The molecule has 2 N–H and O–H groups in total. The van der Waals surface area contributed by atoms with Crippen molar-refractivity contribution in [2.75, 3.05) is 25.0 Å². The lowest BCUT2D eigenvalue weighted by molar-refractivity contribution is -0.126. The predicted molar refractivity (Wildman–Crippen MR) is 110 cm³/mol. The van der Waals surface area contributed by atoms with Crippen LogP contribution in [0.4, 0.5) is 14.5 Å². The number of fused-ring (bicyclic) bond motifs is 3. The van der Waals surface area contributed by atoms with Crippen LogP contribution in [0.5, 0.6) is 0 Å². The van der Waals surface area contributed by atoms with Crippen molar-refractivity contribution in [1.82, 2.24) is 10.2 Å². The van der Waals surface area contributed by atoms with E-state index in [1.807, 2.05) is 12.1 Å². The van der Waals surface area contributed by atoms with Gasteiger partial charge in [0.05, 0.1) is 9.09 Å². The number of halogens is 2. The van der Waals surface area contributed by atoms with Crippen LogP contribution >= 0.6 is 23.1 Å². The maximum absolute atomic E-state index is 12.6. The molecule has 9 heteroatoms. The highest BCUT2D eigenvalue weighted by Gasteiger charge is 2.35. The largest absolute Gasteiger partial charge is 0.347 e. The van der Waals surface area contributed by atoms with Gasteiger partial charge >= 0.3 is 6.43 Å². The molecule has 1 aromatic heterocycles. The number of rotatable bonds is 6. The smallest absolute Gasteiger partial charge is 0.315 e. The maximum Gasteiger partial charge on any atom is 0.315 e. The summed E-state index contributed by atoms with van der Waals surface area (Å²) >= 11 is 2.92. The molecular weight excluding hydrogens is 416 g/mol. The van der Waals surface area contributed by atoms with Crippen molar-refractivity contribution in [2.24, 2.45) is 5.92 Å². The number of carbonyl (C=O) groups excluding carboxylic acids is 2. The lowest BCUT2D eigenvalue weighted by atomic mass is 9.84. The first-order valence-corrected chi connectivity index (χ1v) is 11.1. The Labute approximate surface area is 175 Å². The molecule has 1 atom stereocenters. The van der Waals surface area contributed by atoms with E-state index in [9.17, 15) is 18.4 Å². The van der Waals surface area contributed by atoms with Crippen LogP contribution in [0.1, 0.15) is 22.5 Å². The van der Waals surface area contributed by atoms with E-state index < -0.39 is 12.3 Å². The van der Waals surface area contributed by atoms with E-state index in [-0.39, 0.29) is 11.9 Å². The van der Waals surface area contributed by atoms with Crippen molar-refractivity contribution in [3.05, 3.63) is 41.3 Å². The number of piperidine rings is 3. The normalized spacial score (nSPS) is 23.2. The molecule has 2 bridgehead atoms. The average molecular weight is 438 g/mol. The fourth-order valence-electron chi connectivity index (χ4n) is 3.78. The monoisotopic (exact) mass is 437 g/mol. The van der Waals surface area contributed by atoms with Crippen LogP contribution in [0.2, 0.25) is 0 Å². The van der Waals surface area contributed by atoms with Crippen LogP contribution in [0.3, 0.4) is 0 Å². The molecule has 2 amide bonds. The molecule has 3 aliphatic heterocycles. The second kappa shape index (κ2) is 8.81. The van der Waals surface area contributed by atoms with Gasteiger partial charge in [0.2, 0.25) is 0 Å². The van der Waals surface area contributed by atoms with E-state index in [0.29, 0.717) is 16.5 Å². The third-order valence-corrected chi connectivity index (χ3v) is 7.54. The van der Waals surface area contributed by atoms with Crippen molar-refractivity contribution < 1.29 is 18.4 Å². The van der Waals surface area contributed by atoms with Crippen molar-refractivity contribution in [3.8, 4) is 0 Å². The van der Waals surface area contributed by atoms with E-state index in [0.717, 1.165) is 41.6 Å². The third-order valence-electron chi connectivity index (χ3n) is 5.32. The van der Waals surface area contributed by atoms with Crippen LogP contribution in [-0.2, 0) is 4.79 Å². The minimum Gasteiger partial charge on any atom is -0.347 e. The minimum absolute atomic E-state index is 0.0225. The van der Waals surface area contributed by atoms with Crippen molar-refractivity contribution >= 4 is 40.6 Å². The molecule has 2 aromatic rings. The van der Waals surface area contributed by atoms with Gasteiger partial charge in [-0.15, -0.1) is 11.3 Å². The molecule has 1 aromatic carbocycles. The fraction of sp³-hybridized carbons (Fsp3) is 0.400. The molecule has 3 saturated heterocycles. The average Bonchev–Trinajstić information content (AvgIpc) is 3.19. The highest BCUT2D eigenvalue weighted by atomic mass is 32.2. The molecular formula is C20H21F2N3O2S2. The Morgan fingerprint density at radius 3 is 2.45 bits per heavy atom. The van der Waals surface area contributed by atoms with Gasteiger partial charge in [0.1, 0.15) is 0 Å². The van der Waals surface area contributed by atoms with Crippen LogP contribution in [-0.4, -0.2) is 48.8 Å². The summed E-state index contributed by atoms with van der Waals surface area (Å²) < 4.78 is 25.5. The molecule has 0 radical (unpaired) electrons. The van der Waals surface area contributed by atoms with Gasteiger partial charge in [-0.05, 0) is 68.2 Å². The first-order chi connectivity index (χ1) is 14.0. The number of benzene rings is 1. The zero-order chi connectivity index (χ0) is 20.4. The number of amides is 2. The lowest BCUT2D eigenvalue weighted by Gasteiger charge is -2.44. The summed E-state index contributed by atoms with van der Waals surface area (Å²) in [6, 6.07) is 10.6. The number of nitrogens with zero attached hydrogens (tertiary/aromatic N) is 1. The summed E-state index contributed by atoms with van der Waals surface area (Å²) in [5.41, 5.74) is 0.323. The number of hydrogen-bond acceptors (Lipinski definition) is 5. The second-order valence-electron chi connectivity index (χ2n) is 7.25. The van der Waals surface area contributed by atoms with Crippen LogP contribution in [0.25, 0.3) is 0 Å². The van der Waals surface area contributed by atoms with Gasteiger partial charge in [-0.1, -0.05) is 11.8 Å². The Kier molecular flexibility index (Phi) is 6.17. The quantitative estimate of drug-likeness (QED) is 0.719. The number of alkyl halides is 2. The molecule has 0 aliphatic carbocycles. The van der Waals surface area contributed by atoms with Gasteiger partial charge in [-0.25, -0.2) is 0 Å². The standard InChI is InChI=1S/C20H21F2N3O2S2/c21-18(22)20(27)23-13-1-3-14(4-2-13)28-17-6-5-16(29-17)19(26)24-15-11-25-9-7-12(15)8-10-25/h1-6,12,15,18H,7-11H2,(H,23,27)(H,24,26). The zero-order valence-electron chi connectivity index (χ0n) is 15.6. The molecule has 1 unspecified atom stereocenters. The molecule has 5 rings (SSSR count). The highest BCUT2D eigenvalue weighted by molar-refractivity contribution is 8.01. The van der Waals surface area contributed by atoms with E-state index in [2.05, 4.69) is 15.5 Å². The molecule has 3 aliphatic rings. The zero-order valence-corrected chi connectivity index (χ0v) is 17.2. The van der Waals surface area contributed by atoms with Gasteiger partial charge in [0, 0.05) is 23.2 Å². The van der Waals surface area contributed by atoms with E-state index in [1.54, 1.807) is 24.3 Å². The topological polar surface area (TPSA) is 61.4 Å². The van der Waals surface area contributed by atoms with Gasteiger partial charge in [-0.2, -0.15) is 8.78 Å². The van der Waals surface area contributed by atoms with E-state index in [1.165, 1.54) is 23.1 Å². The SMILES string of the molecule is O=C(NC1CN2CCC1CC2)c1ccc(Sc2ccc(NC(=O)C(F)F)cc2)s1. The van der Waals surface area contributed by atoms with Gasteiger partial charge < -0.3 is 15.5 Å². The molecule has 0 saturated carbocycles. The van der Waals surface area contributed by atoms with Crippen LogP contribution in [0, 0.1) is 5.92 Å². The molecule has 29 heavy (non-hydrogen) atoms. The summed E-state index contributed by atoms with van der Waals surface area (Å²) in [4.78, 5) is 27.7. The molecule has 3 fully saturated rings. The van der Waals surface area contributed by atoms with Crippen molar-refractivity contribution in [1.29, 1.82) is 0 Å². The number of hydrogen-bond donors (Lipinski definition) is 2. The highest BCUT2D eigenvalue weighted by Crippen LogP contribution is 2.34. The summed E-state index contributed by atoms with van der Waals surface area (Å²) in [6.07, 6.45) is -0.727. The predicted octanol–water partition coefficient (Wildman–Crippen LogP) is 3.93. The molecule has 0 spiro atoms. The molecule has 5 nitrogen and oxygen atoms in total. The minimum atomic E-state index is -3.04. The van der Waals surface area contributed by atoms with Gasteiger partial charge in [0.25, 0.3) is 11.8 Å². The number of nitrogens with one attached hydrogen (secondary N) is 2. The van der Waals surface area contributed by atoms with Gasteiger partial charge in [0.15, 0.2) is 0 Å². The maximum atomic E-state index is 12.6. The Hall–Kier alpha value is -1.97. The number of anilines is 1. The van der Waals surface area contributed by atoms with Crippen LogP contribution < -0.4 is 10.6 Å². The molecule has 4 heterocycles.